The number of carbonyl (C=O) groups excluding carboxylic acids is 1. The number of nitrogens with two attached hydrogens (primary N) is 1. The van der Waals surface area contributed by atoms with Gasteiger partial charge < -0.3 is 30.7 Å². The van der Waals surface area contributed by atoms with Crippen molar-refractivity contribution in [1.82, 2.24) is 20.4 Å². The zero-order chi connectivity index (χ0) is 17.7. The van der Waals surface area contributed by atoms with Crippen LogP contribution in [0.15, 0.2) is 4.52 Å². The molecule has 5 N–H and O–H groups in total. The van der Waals surface area contributed by atoms with Crippen molar-refractivity contribution in [2.24, 2.45) is 5.73 Å². The largest absolute Gasteiger partial charge is 0.481 e. The number of aliphatic carboxylic acids is 2. The van der Waals surface area contributed by atoms with E-state index in [-0.39, 0.29) is 31.1 Å². The lowest BCUT2D eigenvalue weighted by atomic mass is 10.1. The van der Waals surface area contributed by atoms with E-state index in [2.05, 4.69) is 15.5 Å². The molecule has 11 heteroatoms. The fraction of sp³-hybridized carbons (Fsp3) is 0.615. The van der Waals surface area contributed by atoms with Crippen LogP contribution in [0.4, 0.5) is 4.79 Å². The van der Waals surface area contributed by atoms with Crippen LogP contribution in [0.3, 0.4) is 0 Å². The van der Waals surface area contributed by atoms with Crippen molar-refractivity contribution < 1.29 is 29.1 Å². The molecule has 0 spiro atoms. The fourth-order valence-electron chi connectivity index (χ4n) is 2.42. The van der Waals surface area contributed by atoms with E-state index >= 15 is 0 Å². The normalized spacial score (nSPS) is 18.4. The van der Waals surface area contributed by atoms with Gasteiger partial charge in [-0.05, 0) is 19.3 Å². The average Bonchev–Trinajstić information content (AvgIpc) is 3.19. The molecule has 1 aromatic rings. The Kier molecular flexibility index (Phi) is 5.68. The maximum absolute atomic E-state index is 12.0. The van der Waals surface area contributed by atoms with Crippen LogP contribution < -0.4 is 11.1 Å². The van der Waals surface area contributed by atoms with E-state index in [1.165, 1.54) is 4.90 Å². The number of amides is 2. The van der Waals surface area contributed by atoms with Crippen LogP contribution in [0.2, 0.25) is 0 Å². The van der Waals surface area contributed by atoms with E-state index in [9.17, 15) is 14.4 Å². The predicted octanol–water partition coefficient (Wildman–Crippen LogP) is -0.307. The molecule has 24 heavy (non-hydrogen) atoms. The highest BCUT2D eigenvalue weighted by Crippen LogP contribution is 2.17. The lowest BCUT2D eigenvalue weighted by Crippen LogP contribution is -2.45. The molecule has 1 unspecified atom stereocenters. The van der Waals surface area contributed by atoms with Gasteiger partial charge in [-0.25, -0.2) is 9.59 Å². The van der Waals surface area contributed by atoms with E-state index < -0.39 is 30.1 Å². The minimum absolute atomic E-state index is 0.0691. The number of nitrogens with one attached hydrogen (secondary N) is 1. The Labute approximate surface area is 136 Å². The first-order valence-electron chi connectivity index (χ1n) is 7.45. The summed E-state index contributed by atoms with van der Waals surface area (Å²) in [5.74, 6) is -1.74. The van der Waals surface area contributed by atoms with Gasteiger partial charge in [0.05, 0.1) is 12.6 Å². The summed E-state index contributed by atoms with van der Waals surface area (Å²) in [5, 5.41) is 23.8. The Morgan fingerprint density at radius 2 is 2.17 bits per heavy atom. The number of carbonyl (C=O) groups is 3. The first kappa shape index (κ1) is 17.7. The minimum Gasteiger partial charge on any atom is -0.481 e. The van der Waals surface area contributed by atoms with Gasteiger partial charge >= 0.3 is 18.0 Å². The molecular weight excluding hydrogens is 322 g/mol. The van der Waals surface area contributed by atoms with Crippen LogP contribution in [0, 0.1) is 0 Å². The van der Waals surface area contributed by atoms with Crippen molar-refractivity contribution in [2.45, 2.75) is 44.3 Å². The van der Waals surface area contributed by atoms with Crippen molar-refractivity contribution in [3.63, 3.8) is 0 Å². The lowest BCUT2D eigenvalue weighted by molar-refractivity contribution is -0.141. The highest BCUT2D eigenvalue weighted by atomic mass is 16.5. The summed E-state index contributed by atoms with van der Waals surface area (Å²) >= 11 is 0. The standard InChI is InChI=1S/C13H19N5O6/c14-7(3-4-10(19)20)11-16-9(24-17-11)6-15-13(23)18-5-1-2-8(18)12(21)22/h7-8H,1-6,14H2,(H,15,23)(H,19,20)(H,21,22)/t7-,8?/m0/s1. The second-order valence-electron chi connectivity index (χ2n) is 5.43. The molecule has 1 saturated heterocycles. The van der Waals surface area contributed by atoms with Gasteiger partial charge in [0.1, 0.15) is 6.04 Å². The third-order valence-corrected chi connectivity index (χ3v) is 3.67. The number of hydrogen-bond acceptors (Lipinski definition) is 7. The summed E-state index contributed by atoms with van der Waals surface area (Å²) in [5.41, 5.74) is 5.75. The van der Waals surface area contributed by atoms with Crippen LogP contribution in [0.1, 0.15) is 43.4 Å². The van der Waals surface area contributed by atoms with Crippen LogP contribution in [-0.2, 0) is 16.1 Å². The summed E-state index contributed by atoms with van der Waals surface area (Å²) in [6, 6.07) is -2.02. The second-order valence-corrected chi connectivity index (χ2v) is 5.43. The van der Waals surface area contributed by atoms with E-state index in [1.54, 1.807) is 0 Å². The monoisotopic (exact) mass is 341 g/mol. The third-order valence-electron chi connectivity index (χ3n) is 3.67. The second kappa shape index (κ2) is 7.73. The smallest absolute Gasteiger partial charge is 0.326 e. The van der Waals surface area contributed by atoms with Gasteiger partial charge in [0, 0.05) is 13.0 Å². The van der Waals surface area contributed by atoms with Gasteiger partial charge in [0.15, 0.2) is 5.82 Å². The van der Waals surface area contributed by atoms with Crippen molar-refractivity contribution >= 4 is 18.0 Å². The fourth-order valence-corrected chi connectivity index (χ4v) is 2.42. The third kappa shape index (κ3) is 4.41. The van der Waals surface area contributed by atoms with E-state index in [0.717, 1.165) is 0 Å². The van der Waals surface area contributed by atoms with Crippen molar-refractivity contribution in [2.75, 3.05) is 6.54 Å². The first-order chi connectivity index (χ1) is 11.4. The van der Waals surface area contributed by atoms with Gasteiger partial charge in [-0.15, -0.1) is 0 Å². The Bertz CT molecular complexity index is 618. The highest BCUT2D eigenvalue weighted by molar-refractivity contribution is 5.83. The summed E-state index contributed by atoms with van der Waals surface area (Å²) < 4.78 is 4.94. The van der Waals surface area contributed by atoms with E-state index in [1.807, 2.05) is 0 Å². The van der Waals surface area contributed by atoms with Crippen molar-refractivity contribution in [3.05, 3.63) is 11.7 Å². The van der Waals surface area contributed by atoms with Crippen LogP contribution in [0.5, 0.6) is 0 Å². The molecule has 0 bridgehead atoms. The molecule has 11 nitrogen and oxygen atoms in total. The number of urea groups is 1. The number of hydrogen-bond donors (Lipinski definition) is 4. The number of carboxylic acid groups (broad SMARTS) is 2. The molecule has 0 aliphatic carbocycles. The molecular formula is C13H19N5O6. The lowest BCUT2D eigenvalue weighted by Gasteiger charge is -2.21. The summed E-state index contributed by atoms with van der Waals surface area (Å²) in [6.45, 7) is 0.304. The van der Waals surface area contributed by atoms with Gasteiger partial charge in [-0.1, -0.05) is 5.16 Å². The summed E-state index contributed by atoms with van der Waals surface area (Å²) in [6.07, 6.45) is 1.10. The molecule has 1 fully saturated rings. The molecule has 1 aromatic heterocycles. The Morgan fingerprint density at radius 1 is 1.42 bits per heavy atom. The number of nitrogens with zero attached hydrogens (tertiary/aromatic N) is 3. The summed E-state index contributed by atoms with van der Waals surface area (Å²) in [7, 11) is 0. The molecule has 2 amide bonds. The molecule has 0 aromatic carbocycles. The van der Waals surface area contributed by atoms with Crippen molar-refractivity contribution in [3.8, 4) is 0 Å². The molecule has 132 valence electrons. The van der Waals surface area contributed by atoms with Crippen LogP contribution in [-0.4, -0.2) is 55.8 Å². The molecule has 0 saturated carbocycles. The zero-order valence-electron chi connectivity index (χ0n) is 12.8. The number of rotatable bonds is 7. The maximum atomic E-state index is 12.0. The average molecular weight is 341 g/mol. The summed E-state index contributed by atoms with van der Waals surface area (Å²) in [4.78, 5) is 38.8. The SMILES string of the molecule is N[C@@H](CCC(=O)O)c1noc(CNC(=O)N2CCCC2C(=O)O)n1. The molecule has 2 atom stereocenters. The maximum Gasteiger partial charge on any atom is 0.326 e. The molecule has 1 aliphatic rings. The number of carboxylic acids is 2. The van der Waals surface area contributed by atoms with E-state index in [4.69, 9.17) is 20.5 Å². The number of aromatic nitrogens is 2. The molecule has 2 rings (SSSR count). The first-order valence-corrected chi connectivity index (χ1v) is 7.45. The minimum atomic E-state index is -1.04. The Hall–Kier alpha value is -2.69. The van der Waals surface area contributed by atoms with Gasteiger partial charge in [0.2, 0.25) is 5.89 Å². The zero-order valence-corrected chi connectivity index (χ0v) is 12.8. The molecule has 2 heterocycles. The van der Waals surface area contributed by atoms with Gasteiger partial charge in [0.25, 0.3) is 0 Å². The van der Waals surface area contributed by atoms with Gasteiger partial charge in [-0.3, -0.25) is 4.79 Å². The topological polar surface area (TPSA) is 172 Å². The predicted molar refractivity (Wildman–Crippen MR) is 77.7 cm³/mol. The highest BCUT2D eigenvalue weighted by Gasteiger charge is 2.34. The quantitative estimate of drug-likeness (QED) is 0.519. The van der Waals surface area contributed by atoms with Gasteiger partial charge in [-0.2, -0.15) is 4.98 Å². The van der Waals surface area contributed by atoms with Crippen LogP contribution in [0.25, 0.3) is 0 Å². The number of likely N-dealkylation sites (tertiary alicyclic amines) is 1. The Balaban J connectivity index is 1.85. The molecule has 1 aliphatic heterocycles. The molecule has 0 radical (unpaired) electrons. The van der Waals surface area contributed by atoms with Crippen molar-refractivity contribution in [1.29, 1.82) is 0 Å². The van der Waals surface area contributed by atoms with Crippen LogP contribution >= 0.6 is 0 Å². The van der Waals surface area contributed by atoms with E-state index in [0.29, 0.717) is 19.4 Å². The Morgan fingerprint density at radius 3 is 2.83 bits per heavy atom.